The van der Waals surface area contributed by atoms with Crippen molar-refractivity contribution in [2.24, 2.45) is 11.8 Å². The molecule has 0 aliphatic heterocycles. The van der Waals surface area contributed by atoms with Gasteiger partial charge in [-0.3, -0.25) is 0 Å². The van der Waals surface area contributed by atoms with Crippen LogP contribution in [0, 0.1) is 11.8 Å². The van der Waals surface area contributed by atoms with Crippen molar-refractivity contribution in [3.63, 3.8) is 0 Å². The normalized spacial score (nSPS) is 24.3. The van der Waals surface area contributed by atoms with E-state index >= 15 is 0 Å². The first-order valence-corrected chi connectivity index (χ1v) is 12.1. The highest BCUT2D eigenvalue weighted by Gasteiger charge is 2.37. The fourth-order valence-corrected chi connectivity index (χ4v) is 6.27. The summed E-state index contributed by atoms with van der Waals surface area (Å²) in [5.74, 6) is 0.845. The molecular formula is C20H38O2Si. The first-order chi connectivity index (χ1) is 10.9. The molecule has 134 valence electrons. The van der Waals surface area contributed by atoms with Crippen molar-refractivity contribution < 1.29 is 9.53 Å². The Morgan fingerprint density at radius 1 is 1.26 bits per heavy atom. The van der Waals surface area contributed by atoms with Crippen LogP contribution in [0.1, 0.15) is 60.8 Å². The van der Waals surface area contributed by atoms with Crippen LogP contribution < -0.4 is 0 Å². The molecule has 1 aliphatic carbocycles. The van der Waals surface area contributed by atoms with Gasteiger partial charge < -0.3 is 9.53 Å². The monoisotopic (exact) mass is 338 g/mol. The summed E-state index contributed by atoms with van der Waals surface area (Å²) in [5.41, 5.74) is 1.41. The van der Waals surface area contributed by atoms with E-state index in [4.69, 9.17) is 4.43 Å². The summed E-state index contributed by atoms with van der Waals surface area (Å²) in [4.78, 5) is 0. The molecule has 1 N–H and O–H groups in total. The van der Waals surface area contributed by atoms with E-state index in [9.17, 15) is 5.11 Å². The van der Waals surface area contributed by atoms with Gasteiger partial charge >= 0.3 is 0 Å². The Kier molecular flexibility index (Phi) is 8.81. The maximum atomic E-state index is 10.7. The van der Waals surface area contributed by atoms with Gasteiger partial charge in [0.25, 0.3) is 0 Å². The molecule has 2 nitrogen and oxygen atoms in total. The third-order valence-electron chi connectivity index (χ3n) is 5.44. The molecule has 0 heterocycles. The second-order valence-corrected chi connectivity index (χ2v) is 12.3. The zero-order valence-electron chi connectivity index (χ0n) is 16.1. The molecule has 3 atom stereocenters. The molecule has 1 rings (SSSR count). The predicted molar refractivity (Wildman–Crippen MR) is 103 cm³/mol. The van der Waals surface area contributed by atoms with Gasteiger partial charge in [-0.1, -0.05) is 58.4 Å². The van der Waals surface area contributed by atoms with Gasteiger partial charge in [0, 0.05) is 5.92 Å². The SMILES string of the molecule is CC[Si](CC)(CC)O[C@H]1C=C(C)CC[C@@H]1[C@@H](O)/C=C/CC(C)C. The Morgan fingerprint density at radius 2 is 1.87 bits per heavy atom. The first kappa shape index (κ1) is 20.7. The number of hydrogen-bond donors (Lipinski definition) is 1. The van der Waals surface area contributed by atoms with Crippen molar-refractivity contribution in [1.29, 1.82) is 0 Å². The Labute approximate surface area is 145 Å². The van der Waals surface area contributed by atoms with Crippen LogP contribution >= 0.6 is 0 Å². The summed E-state index contributed by atoms with van der Waals surface area (Å²) in [6.07, 6.45) is 9.28. The van der Waals surface area contributed by atoms with Gasteiger partial charge in [0.1, 0.15) is 0 Å². The van der Waals surface area contributed by atoms with Crippen LogP contribution in [0.5, 0.6) is 0 Å². The Hall–Kier alpha value is -0.383. The van der Waals surface area contributed by atoms with E-state index in [0.717, 1.165) is 37.4 Å². The van der Waals surface area contributed by atoms with Gasteiger partial charge in [0.2, 0.25) is 0 Å². The van der Waals surface area contributed by atoms with E-state index in [0.29, 0.717) is 5.92 Å². The highest BCUT2D eigenvalue weighted by Crippen LogP contribution is 2.34. The zero-order valence-corrected chi connectivity index (χ0v) is 17.1. The van der Waals surface area contributed by atoms with Crippen LogP contribution in [-0.4, -0.2) is 25.6 Å². The minimum atomic E-state index is -1.65. The minimum Gasteiger partial charge on any atom is -0.410 e. The van der Waals surface area contributed by atoms with E-state index in [2.05, 4.69) is 53.7 Å². The third kappa shape index (κ3) is 6.20. The average Bonchev–Trinajstić information content (AvgIpc) is 2.52. The summed E-state index contributed by atoms with van der Waals surface area (Å²) >= 11 is 0. The molecule has 0 aromatic carbocycles. The lowest BCUT2D eigenvalue weighted by Crippen LogP contribution is -2.45. The smallest absolute Gasteiger partial charge is 0.192 e. The van der Waals surface area contributed by atoms with Gasteiger partial charge in [-0.2, -0.15) is 0 Å². The number of aliphatic hydroxyl groups is 1. The average molecular weight is 339 g/mol. The summed E-state index contributed by atoms with van der Waals surface area (Å²) in [7, 11) is -1.65. The number of hydrogen-bond acceptors (Lipinski definition) is 2. The lowest BCUT2D eigenvalue weighted by molar-refractivity contribution is 0.0586. The molecule has 0 spiro atoms. The van der Waals surface area contributed by atoms with Gasteiger partial charge in [0.15, 0.2) is 8.32 Å². The Morgan fingerprint density at radius 3 is 2.39 bits per heavy atom. The molecule has 3 heteroatoms. The Balaban J connectivity index is 2.86. The summed E-state index contributed by atoms with van der Waals surface area (Å²) in [6.45, 7) is 13.4. The number of rotatable bonds is 9. The molecule has 0 amide bonds. The summed E-state index contributed by atoms with van der Waals surface area (Å²) < 4.78 is 6.73. The van der Waals surface area contributed by atoms with E-state index in [1.807, 2.05) is 6.08 Å². The van der Waals surface area contributed by atoms with Crippen LogP contribution in [0.15, 0.2) is 23.8 Å². The molecule has 0 saturated carbocycles. The largest absolute Gasteiger partial charge is 0.410 e. The van der Waals surface area contributed by atoms with Gasteiger partial charge in [-0.25, -0.2) is 0 Å². The van der Waals surface area contributed by atoms with Gasteiger partial charge in [-0.15, -0.1) is 0 Å². The van der Waals surface area contributed by atoms with Crippen molar-refractivity contribution in [3.8, 4) is 0 Å². The second kappa shape index (κ2) is 9.80. The van der Waals surface area contributed by atoms with Crippen LogP contribution in [0.4, 0.5) is 0 Å². The third-order valence-corrected chi connectivity index (χ3v) is 10.1. The standard InChI is InChI=1S/C20H38O2Si/c1-7-23(8-2,9-3)22-20-15-17(6)13-14-18(20)19(21)12-10-11-16(4)5/h10,12,15-16,18-21H,7-9,11,13-14H2,1-6H3/b12-10+/t18-,19+,20+/m1/s1. The summed E-state index contributed by atoms with van der Waals surface area (Å²) in [5, 5.41) is 10.7. The fourth-order valence-electron chi connectivity index (χ4n) is 3.45. The quantitative estimate of drug-likeness (QED) is 0.432. The van der Waals surface area contributed by atoms with E-state index in [-0.39, 0.29) is 18.1 Å². The second-order valence-electron chi connectivity index (χ2n) is 7.59. The van der Waals surface area contributed by atoms with Crippen molar-refractivity contribution >= 4 is 8.32 Å². The summed E-state index contributed by atoms with van der Waals surface area (Å²) in [6, 6.07) is 3.49. The van der Waals surface area contributed by atoms with Crippen LogP contribution in [-0.2, 0) is 4.43 Å². The molecular weight excluding hydrogens is 300 g/mol. The fraction of sp³-hybridized carbons (Fsp3) is 0.800. The topological polar surface area (TPSA) is 29.5 Å². The first-order valence-electron chi connectivity index (χ1n) is 9.57. The molecule has 1 aliphatic rings. The van der Waals surface area contributed by atoms with E-state index in [1.165, 1.54) is 5.57 Å². The van der Waals surface area contributed by atoms with Crippen LogP contribution in [0.3, 0.4) is 0 Å². The van der Waals surface area contributed by atoms with Crippen molar-refractivity contribution in [2.75, 3.05) is 0 Å². The molecule has 23 heavy (non-hydrogen) atoms. The predicted octanol–water partition coefficient (Wildman–Crippen LogP) is 5.70. The zero-order chi connectivity index (χ0) is 17.5. The minimum absolute atomic E-state index is 0.0916. The van der Waals surface area contributed by atoms with Gasteiger partial charge in [-0.05, 0) is 50.2 Å². The molecule has 0 fully saturated rings. The lowest BCUT2D eigenvalue weighted by atomic mass is 9.84. The molecule has 0 aromatic rings. The van der Waals surface area contributed by atoms with Crippen molar-refractivity contribution in [1.82, 2.24) is 0 Å². The molecule has 0 aromatic heterocycles. The van der Waals surface area contributed by atoms with Crippen molar-refractivity contribution in [3.05, 3.63) is 23.8 Å². The molecule has 0 bridgehead atoms. The highest BCUT2D eigenvalue weighted by molar-refractivity contribution is 6.73. The lowest BCUT2D eigenvalue weighted by Gasteiger charge is -2.39. The number of allylic oxidation sites excluding steroid dienone is 2. The van der Waals surface area contributed by atoms with E-state index in [1.54, 1.807) is 0 Å². The van der Waals surface area contributed by atoms with Crippen LogP contribution in [0.2, 0.25) is 18.1 Å². The number of aliphatic hydroxyl groups excluding tert-OH is 1. The van der Waals surface area contributed by atoms with Crippen LogP contribution in [0.25, 0.3) is 0 Å². The van der Waals surface area contributed by atoms with E-state index < -0.39 is 8.32 Å². The maximum absolute atomic E-state index is 10.7. The van der Waals surface area contributed by atoms with Crippen molar-refractivity contribution in [2.45, 2.75) is 91.1 Å². The molecule has 0 radical (unpaired) electrons. The molecule has 0 saturated heterocycles. The van der Waals surface area contributed by atoms with Gasteiger partial charge in [0.05, 0.1) is 12.2 Å². The Bertz CT molecular complexity index is 388. The molecule has 0 unspecified atom stereocenters. The highest BCUT2D eigenvalue weighted by atomic mass is 28.4. The maximum Gasteiger partial charge on any atom is 0.192 e.